The van der Waals surface area contributed by atoms with Crippen molar-refractivity contribution in [1.29, 1.82) is 0 Å². The summed E-state index contributed by atoms with van der Waals surface area (Å²) in [6.45, 7) is 0. The molecule has 0 atom stereocenters. The third kappa shape index (κ3) is 4.17. The number of rotatable bonds is 3. The largest absolute Gasteiger partial charge is 0.374 e. The summed E-state index contributed by atoms with van der Waals surface area (Å²) >= 11 is 8.56. The SMILES string of the molecule is NC(=S)N(NC(=O)c1cc(-c2ccccc2)nc2ccccc12)c1ccc(Br)cc1. The van der Waals surface area contributed by atoms with Gasteiger partial charge in [-0.2, -0.15) is 0 Å². The second kappa shape index (κ2) is 8.61. The fourth-order valence-electron chi connectivity index (χ4n) is 3.12. The molecule has 0 saturated carbocycles. The van der Waals surface area contributed by atoms with Crippen molar-refractivity contribution in [2.75, 3.05) is 5.01 Å². The number of fused-ring (bicyclic) bond motifs is 1. The standard InChI is InChI=1S/C23H17BrN4OS/c24-16-10-12-17(13-11-16)28(23(25)30)27-22(29)19-14-21(15-6-2-1-3-7-15)26-20-9-5-4-8-18(19)20/h1-14H,(H2,25,30)(H,27,29). The van der Waals surface area contributed by atoms with E-state index in [-0.39, 0.29) is 11.0 Å². The number of nitrogens with one attached hydrogen (secondary N) is 1. The van der Waals surface area contributed by atoms with Gasteiger partial charge in [0.05, 0.1) is 22.5 Å². The van der Waals surface area contributed by atoms with Crippen molar-refractivity contribution in [1.82, 2.24) is 10.4 Å². The zero-order chi connectivity index (χ0) is 21.1. The molecule has 0 aliphatic heterocycles. The van der Waals surface area contributed by atoms with Gasteiger partial charge in [-0.05, 0) is 48.6 Å². The van der Waals surface area contributed by atoms with Crippen LogP contribution in [-0.2, 0) is 0 Å². The Morgan fingerprint density at radius 2 is 1.63 bits per heavy atom. The Bertz CT molecular complexity index is 1230. The average molecular weight is 477 g/mol. The van der Waals surface area contributed by atoms with Crippen molar-refractivity contribution in [2.24, 2.45) is 5.73 Å². The summed E-state index contributed by atoms with van der Waals surface area (Å²) in [5, 5.41) is 2.17. The van der Waals surface area contributed by atoms with Crippen molar-refractivity contribution in [2.45, 2.75) is 0 Å². The molecular formula is C23H17BrN4OS. The fourth-order valence-corrected chi connectivity index (χ4v) is 3.53. The number of aromatic nitrogens is 1. The molecule has 1 heterocycles. The molecule has 0 saturated heterocycles. The summed E-state index contributed by atoms with van der Waals surface area (Å²) in [6.07, 6.45) is 0. The van der Waals surface area contributed by atoms with Crippen LogP contribution < -0.4 is 16.2 Å². The molecule has 0 aliphatic rings. The minimum absolute atomic E-state index is 0.0346. The minimum Gasteiger partial charge on any atom is -0.374 e. The van der Waals surface area contributed by atoms with E-state index >= 15 is 0 Å². The highest BCUT2D eigenvalue weighted by Crippen LogP contribution is 2.25. The molecule has 3 N–H and O–H groups in total. The Balaban J connectivity index is 1.76. The maximum Gasteiger partial charge on any atom is 0.270 e. The molecule has 30 heavy (non-hydrogen) atoms. The number of halogens is 1. The van der Waals surface area contributed by atoms with Crippen LogP contribution >= 0.6 is 28.1 Å². The topological polar surface area (TPSA) is 71.2 Å². The van der Waals surface area contributed by atoms with E-state index in [0.29, 0.717) is 16.9 Å². The first kappa shape index (κ1) is 20.0. The second-order valence-corrected chi connectivity index (χ2v) is 7.86. The lowest BCUT2D eigenvalue weighted by molar-refractivity contribution is 0.0956. The molecule has 3 aromatic carbocycles. The Labute approximate surface area is 187 Å². The number of nitrogens with two attached hydrogens (primary N) is 1. The summed E-state index contributed by atoms with van der Waals surface area (Å²) < 4.78 is 0.910. The van der Waals surface area contributed by atoms with Gasteiger partial charge < -0.3 is 5.73 Å². The third-order valence-corrected chi connectivity index (χ3v) is 5.26. The first-order chi connectivity index (χ1) is 14.5. The number of amides is 1. The van der Waals surface area contributed by atoms with Crippen molar-refractivity contribution in [3.8, 4) is 11.3 Å². The normalized spacial score (nSPS) is 10.6. The zero-order valence-electron chi connectivity index (χ0n) is 15.7. The van der Waals surface area contributed by atoms with E-state index in [1.165, 1.54) is 5.01 Å². The monoisotopic (exact) mass is 476 g/mol. The van der Waals surface area contributed by atoms with Crippen LogP contribution in [0.1, 0.15) is 10.4 Å². The number of carbonyl (C=O) groups is 1. The molecule has 5 nitrogen and oxygen atoms in total. The number of carbonyl (C=O) groups excluding carboxylic acids is 1. The first-order valence-electron chi connectivity index (χ1n) is 9.14. The molecule has 0 fully saturated rings. The van der Waals surface area contributed by atoms with Crippen LogP contribution in [0.25, 0.3) is 22.2 Å². The Kier molecular flexibility index (Phi) is 5.74. The van der Waals surface area contributed by atoms with Gasteiger partial charge in [-0.3, -0.25) is 10.2 Å². The van der Waals surface area contributed by atoms with Gasteiger partial charge >= 0.3 is 0 Å². The molecule has 0 radical (unpaired) electrons. The van der Waals surface area contributed by atoms with Gasteiger partial charge in [0, 0.05) is 15.4 Å². The molecule has 7 heteroatoms. The van der Waals surface area contributed by atoms with Gasteiger partial charge in [0.15, 0.2) is 5.11 Å². The predicted molar refractivity (Wildman–Crippen MR) is 128 cm³/mol. The summed E-state index contributed by atoms with van der Waals surface area (Å²) in [4.78, 5) is 18.0. The maximum atomic E-state index is 13.3. The number of thiocarbonyl (C=S) groups is 1. The molecule has 4 rings (SSSR count). The number of pyridine rings is 1. The van der Waals surface area contributed by atoms with Crippen LogP contribution in [0.15, 0.2) is 89.4 Å². The average Bonchev–Trinajstić information content (AvgIpc) is 2.77. The van der Waals surface area contributed by atoms with Gasteiger partial charge in [0.2, 0.25) is 0 Å². The highest BCUT2D eigenvalue weighted by Gasteiger charge is 2.18. The van der Waals surface area contributed by atoms with E-state index in [0.717, 1.165) is 20.9 Å². The molecule has 0 unspecified atom stereocenters. The van der Waals surface area contributed by atoms with Gasteiger partial charge in [-0.15, -0.1) is 0 Å². The number of benzene rings is 3. The van der Waals surface area contributed by atoms with Crippen LogP contribution in [0.4, 0.5) is 5.69 Å². The van der Waals surface area contributed by atoms with E-state index in [2.05, 4.69) is 21.4 Å². The van der Waals surface area contributed by atoms with Crippen molar-refractivity contribution < 1.29 is 4.79 Å². The van der Waals surface area contributed by atoms with Crippen molar-refractivity contribution >= 4 is 55.8 Å². The smallest absolute Gasteiger partial charge is 0.270 e. The molecular weight excluding hydrogens is 460 g/mol. The number of hydrazine groups is 1. The molecule has 148 valence electrons. The number of hydrogen-bond donors (Lipinski definition) is 2. The van der Waals surface area contributed by atoms with Gasteiger partial charge in [0.1, 0.15) is 0 Å². The fraction of sp³-hybridized carbons (Fsp3) is 0. The van der Waals surface area contributed by atoms with Gasteiger partial charge in [-0.1, -0.05) is 64.5 Å². The lowest BCUT2D eigenvalue weighted by Gasteiger charge is -2.24. The second-order valence-electron chi connectivity index (χ2n) is 6.53. The van der Waals surface area contributed by atoms with Crippen LogP contribution in [0, 0.1) is 0 Å². The van der Waals surface area contributed by atoms with E-state index in [1.54, 1.807) is 6.07 Å². The quantitative estimate of drug-likeness (QED) is 0.319. The van der Waals surface area contributed by atoms with E-state index in [4.69, 9.17) is 22.9 Å². The summed E-state index contributed by atoms with van der Waals surface area (Å²) in [6, 6.07) is 26.4. The Morgan fingerprint density at radius 3 is 2.33 bits per heavy atom. The lowest BCUT2D eigenvalue weighted by atomic mass is 10.0. The minimum atomic E-state index is -0.332. The van der Waals surface area contributed by atoms with E-state index < -0.39 is 0 Å². The Hall–Kier alpha value is -3.29. The van der Waals surface area contributed by atoms with Crippen LogP contribution in [-0.4, -0.2) is 16.0 Å². The highest BCUT2D eigenvalue weighted by atomic mass is 79.9. The number of hydrogen-bond acceptors (Lipinski definition) is 3. The molecule has 4 aromatic rings. The van der Waals surface area contributed by atoms with Crippen LogP contribution in [0.2, 0.25) is 0 Å². The summed E-state index contributed by atoms with van der Waals surface area (Å²) in [5.74, 6) is -0.332. The highest BCUT2D eigenvalue weighted by molar-refractivity contribution is 9.10. The van der Waals surface area contributed by atoms with Gasteiger partial charge in [-0.25, -0.2) is 9.99 Å². The summed E-state index contributed by atoms with van der Waals surface area (Å²) in [5.41, 5.74) is 12.2. The first-order valence-corrected chi connectivity index (χ1v) is 10.3. The zero-order valence-corrected chi connectivity index (χ0v) is 18.2. The molecule has 0 bridgehead atoms. The van der Waals surface area contributed by atoms with Crippen LogP contribution in [0.3, 0.4) is 0 Å². The lowest BCUT2D eigenvalue weighted by Crippen LogP contribution is -2.49. The molecule has 1 amide bonds. The van der Waals surface area contributed by atoms with Crippen molar-refractivity contribution in [3.05, 3.63) is 95.0 Å². The van der Waals surface area contributed by atoms with E-state index in [9.17, 15) is 4.79 Å². The molecule has 0 spiro atoms. The predicted octanol–water partition coefficient (Wildman–Crippen LogP) is 5.06. The van der Waals surface area contributed by atoms with Crippen LogP contribution in [0.5, 0.6) is 0 Å². The maximum absolute atomic E-state index is 13.3. The molecule has 1 aromatic heterocycles. The Morgan fingerprint density at radius 1 is 0.967 bits per heavy atom. The number of nitrogens with zero attached hydrogens (tertiary/aromatic N) is 2. The van der Waals surface area contributed by atoms with E-state index in [1.807, 2.05) is 78.9 Å². The number of para-hydroxylation sites is 1. The molecule has 0 aliphatic carbocycles. The third-order valence-electron chi connectivity index (χ3n) is 4.55. The summed E-state index contributed by atoms with van der Waals surface area (Å²) in [7, 11) is 0. The number of anilines is 1. The van der Waals surface area contributed by atoms with Crippen molar-refractivity contribution in [3.63, 3.8) is 0 Å². The van der Waals surface area contributed by atoms with Gasteiger partial charge in [0.25, 0.3) is 5.91 Å².